The maximum absolute atomic E-state index is 14.3. The number of anilines is 1. The van der Waals surface area contributed by atoms with Gasteiger partial charge in [0, 0.05) is 25.3 Å². The van der Waals surface area contributed by atoms with Gasteiger partial charge >= 0.3 is 0 Å². The van der Waals surface area contributed by atoms with Crippen molar-refractivity contribution in [3.05, 3.63) is 84.5 Å². The number of likely N-dealkylation sites (tertiary alicyclic amines) is 1. The minimum absolute atomic E-state index is 0.233. The van der Waals surface area contributed by atoms with Crippen LogP contribution in [-0.2, 0) is 25.7 Å². The molecule has 4 aliphatic heterocycles. The third kappa shape index (κ3) is 4.44. The topological polar surface area (TPSA) is 99.6 Å². The molecular weight excluding hydrogens is 522 g/mol. The third-order valence-corrected chi connectivity index (χ3v) is 8.59. The van der Waals surface area contributed by atoms with Gasteiger partial charge in [-0.25, -0.2) is 0 Å². The van der Waals surface area contributed by atoms with Crippen LogP contribution in [0.15, 0.2) is 78.9 Å². The van der Waals surface area contributed by atoms with Crippen LogP contribution in [0.3, 0.4) is 0 Å². The molecule has 1 N–H and O–H groups in total. The van der Waals surface area contributed by atoms with E-state index in [9.17, 15) is 19.5 Å². The quantitative estimate of drug-likeness (QED) is 0.526. The summed E-state index contributed by atoms with van der Waals surface area (Å²) in [6, 6.07) is 15.3. The van der Waals surface area contributed by atoms with Crippen molar-refractivity contribution < 1.29 is 29.0 Å². The van der Waals surface area contributed by atoms with E-state index in [2.05, 4.69) is 0 Å². The number of carbonyl (C=O) groups is 3. The molecule has 4 aliphatic rings. The maximum Gasteiger partial charge on any atom is 0.249 e. The zero-order valence-corrected chi connectivity index (χ0v) is 23.3. The maximum atomic E-state index is 14.3. The first kappa shape index (κ1) is 27.2. The second-order valence-corrected chi connectivity index (χ2v) is 11.0. The summed E-state index contributed by atoms with van der Waals surface area (Å²) in [6.07, 6.45) is 6.76. The summed E-state index contributed by atoms with van der Waals surface area (Å²) in [5.74, 6) is -1.87. The molecule has 2 saturated heterocycles. The van der Waals surface area contributed by atoms with Crippen molar-refractivity contribution >= 4 is 23.4 Å². The smallest absolute Gasteiger partial charge is 0.249 e. The van der Waals surface area contributed by atoms with Crippen molar-refractivity contribution in [3.63, 3.8) is 0 Å². The lowest BCUT2D eigenvalue weighted by atomic mass is 9.77. The number of rotatable bonds is 7. The van der Waals surface area contributed by atoms with Crippen LogP contribution in [0.25, 0.3) is 0 Å². The number of benzene rings is 2. The molecule has 3 amide bonds. The molecule has 2 aromatic carbocycles. The van der Waals surface area contributed by atoms with E-state index in [0.717, 1.165) is 5.56 Å². The molecule has 1 unspecified atom stereocenters. The Labute approximate surface area is 239 Å². The summed E-state index contributed by atoms with van der Waals surface area (Å²) < 4.78 is 12.2. The molecule has 6 rings (SSSR count). The highest BCUT2D eigenvalue weighted by Gasteiger charge is 2.72. The normalized spacial score (nSPS) is 29.6. The fourth-order valence-electron chi connectivity index (χ4n) is 6.75. The number of hydrogen-bond donors (Lipinski definition) is 1. The van der Waals surface area contributed by atoms with Crippen LogP contribution in [-0.4, -0.2) is 82.7 Å². The summed E-state index contributed by atoms with van der Waals surface area (Å²) in [7, 11) is 0. The number of amides is 3. The Balaban J connectivity index is 1.38. The van der Waals surface area contributed by atoms with Crippen LogP contribution in [0.4, 0.5) is 5.69 Å². The molecule has 4 heterocycles. The predicted molar refractivity (Wildman–Crippen MR) is 152 cm³/mol. The Morgan fingerprint density at radius 3 is 2.46 bits per heavy atom. The SMILES string of the molecule is CCOc1ccc(N2CC=C[C@@H]3O[C@]45C=CCN(Cc6ccccc6)C(=O)C4N([C@H](C)CO)C(=O)[C@@H]5[C@@H]3C2=O)cc1. The fourth-order valence-corrected chi connectivity index (χ4v) is 6.75. The summed E-state index contributed by atoms with van der Waals surface area (Å²) in [6.45, 7) is 4.89. The lowest BCUT2D eigenvalue weighted by Crippen LogP contribution is -2.57. The molecule has 0 aliphatic carbocycles. The Bertz CT molecular complexity index is 1380. The van der Waals surface area contributed by atoms with Gasteiger partial charge in [0.05, 0.1) is 37.2 Å². The minimum atomic E-state index is -1.33. The summed E-state index contributed by atoms with van der Waals surface area (Å²) in [5.41, 5.74) is 0.323. The first-order valence-corrected chi connectivity index (χ1v) is 14.2. The van der Waals surface area contributed by atoms with Crippen LogP contribution in [0.1, 0.15) is 19.4 Å². The van der Waals surface area contributed by atoms with Gasteiger partial charge < -0.3 is 29.3 Å². The second-order valence-electron chi connectivity index (χ2n) is 11.0. The van der Waals surface area contributed by atoms with Gasteiger partial charge in [-0.15, -0.1) is 0 Å². The van der Waals surface area contributed by atoms with E-state index in [1.165, 1.54) is 4.90 Å². The largest absolute Gasteiger partial charge is 0.494 e. The van der Waals surface area contributed by atoms with E-state index >= 15 is 0 Å². The minimum Gasteiger partial charge on any atom is -0.494 e. The highest BCUT2D eigenvalue weighted by molar-refractivity contribution is 6.04. The van der Waals surface area contributed by atoms with Gasteiger partial charge in [0.25, 0.3) is 0 Å². The molecule has 0 saturated carbocycles. The Hall–Kier alpha value is -3.95. The highest BCUT2D eigenvalue weighted by Crippen LogP contribution is 2.54. The number of fused-ring (bicyclic) bond motifs is 2. The Morgan fingerprint density at radius 1 is 1.00 bits per heavy atom. The van der Waals surface area contributed by atoms with Gasteiger partial charge in [0.1, 0.15) is 17.4 Å². The van der Waals surface area contributed by atoms with Gasteiger partial charge in [-0.2, -0.15) is 0 Å². The standard InChI is InChI=1S/C32H35N3O6/c1-3-40-24-14-12-23(13-15-24)34-18-7-11-25-26(29(34)37)27-30(38)35(21(2)20-36)28-31(39)33(17-8-16-32(27,28)41-25)19-22-9-5-4-6-10-22/h4-16,21,25-28,36H,3,17-20H2,1-2H3/t21-,25+,26-,27+,28?,32+/m1/s1. The first-order chi connectivity index (χ1) is 19.9. The third-order valence-electron chi connectivity index (χ3n) is 8.59. The van der Waals surface area contributed by atoms with E-state index in [1.807, 2.05) is 85.8 Å². The second kappa shape index (κ2) is 10.8. The van der Waals surface area contributed by atoms with Crippen molar-refractivity contribution in [2.75, 3.05) is 31.2 Å². The van der Waals surface area contributed by atoms with Gasteiger partial charge in [-0.3, -0.25) is 14.4 Å². The van der Waals surface area contributed by atoms with Gasteiger partial charge in [-0.1, -0.05) is 54.6 Å². The average Bonchev–Trinajstić information content (AvgIpc) is 3.31. The molecule has 6 atom stereocenters. The highest BCUT2D eigenvalue weighted by atomic mass is 16.5. The summed E-state index contributed by atoms with van der Waals surface area (Å²) in [5, 5.41) is 10.1. The predicted octanol–water partition coefficient (Wildman–Crippen LogP) is 2.55. The lowest BCUT2D eigenvalue weighted by molar-refractivity contribution is -0.150. The number of ether oxygens (including phenoxy) is 2. The molecule has 41 heavy (non-hydrogen) atoms. The first-order valence-electron chi connectivity index (χ1n) is 14.2. The molecule has 9 heteroatoms. The van der Waals surface area contributed by atoms with E-state index in [1.54, 1.807) is 16.7 Å². The zero-order chi connectivity index (χ0) is 28.7. The zero-order valence-electron chi connectivity index (χ0n) is 23.3. The van der Waals surface area contributed by atoms with Gasteiger partial charge in [0.2, 0.25) is 17.7 Å². The molecule has 0 bridgehead atoms. The number of hydrogen-bond acceptors (Lipinski definition) is 6. The van der Waals surface area contributed by atoms with Crippen LogP contribution in [0.5, 0.6) is 5.75 Å². The number of aliphatic hydroxyl groups excluding tert-OH is 1. The number of nitrogens with zero attached hydrogens (tertiary/aromatic N) is 3. The van der Waals surface area contributed by atoms with Crippen molar-refractivity contribution in [1.82, 2.24) is 9.80 Å². The molecule has 1 spiro atoms. The average molecular weight is 558 g/mol. The fraction of sp³-hybridized carbons (Fsp3) is 0.406. The molecule has 2 fully saturated rings. The van der Waals surface area contributed by atoms with E-state index in [4.69, 9.17) is 9.47 Å². The van der Waals surface area contributed by atoms with Gasteiger partial charge in [-0.05, 0) is 43.7 Å². The van der Waals surface area contributed by atoms with Crippen molar-refractivity contribution in [2.45, 2.75) is 44.2 Å². The Morgan fingerprint density at radius 2 is 1.76 bits per heavy atom. The van der Waals surface area contributed by atoms with Crippen molar-refractivity contribution in [2.24, 2.45) is 11.8 Å². The number of aliphatic hydroxyl groups is 1. The summed E-state index contributed by atoms with van der Waals surface area (Å²) in [4.78, 5) is 47.6. The molecule has 214 valence electrons. The summed E-state index contributed by atoms with van der Waals surface area (Å²) >= 11 is 0. The Kier molecular flexibility index (Phi) is 7.17. The lowest BCUT2D eigenvalue weighted by Gasteiger charge is -2.37. The van der Waals surface area contributed by atoms with Crippen molar-refractivity contribution in [1.29, 1.82) is 0 Å². The van der Waals surface area contributed by atoms with E-state index in [0.29, 0.717) is 37.7 Å². The molecule has 0 radical (unpaired) electrons. The number of carbonyl (C=O) groups excluding carboxylic acids is 3. The molecule has 9 nitrogen and oxygen atoms in total. The van der Waals surface area contributed by atoms with Crippen LogP contribution in [0.2, 0.25) is 0 Å². The molecular formula is C32H35N3O6. The van der Waals surface area contributed by atoms with Crippen molar-refractivity contribution in [3.8, 4) is 5.75 Å². The van der Waals surface area contributed by atoms with Crippen LogP contribution in [0, 0.1) is 11.8 Å². The van der Waals surface area contributed by atoms with Gasteiger partial charge in [0.15, 0.2) is 0 Å². The monoisotopic (exact) mass is 557 g/mol. The van der Waals surface area contributed by atoms with Crippen LogP contribution >= 0.6 is 0 Å². The van der Waals surface area contributed by atoms with Crippen LogP contribution < -0.4 is 9.64 Å². The van der Waals surface area contributed by atoms with E-state index < -0.39 is 35.6 Å². The molecule has 2 aromatic rings. The van der Waals surface area contributed by atoms with E-state index in [-0.39, 0.29) is 24.3 Å². The molecule has 0 aromatic heterocycles.